The number of carbonyl (C=O) groups is 2. The van der Waals surface area contributed by atoms with Gasteiger partial charge >= 0.3 is 0 Å². The first-order chi connectivity index (χ1) is 11.9. The summed E-state index contributed by atoms with van der Waals surface area (Å²) in [4.78, 5) is 26.8. The maximum Gasteiger partial charge on any atom is 0.257 e. The summed E-state index contributed by atoms with van der Waals surface area (Å²) in [7, 11) is 0. The van der Waals surface area contributed by atoms with E-state index in [2.05, 4.69) is 27.3 Å². The van der Waals surface area contributed by atoms with Crippen molar-refractivity contribution in [1.82, 2.24) is 4.90 Å². The fourth-order valence-electron chi connectivity index (χ4n) is 2.72. The molecule has 0 aliphatic carbocycles. The molecule has 1 aliphatic heterocycles. The predicted molar refractivity (Wildman–Crippen MR) is 101 cm³/mol. The highest BCUT2D eigenvalue weighted by Gasteiger charge is 2.26. The Morgan fingerprint density at radius 1 is 1.44 bits per heavy atom. The third kappa shape index (κ3) is 3.56. The average molecular weight is 439 g/mol. The number of hydrogen-bond donors (Lipinski definition) is 1. The summed E-state index contributed by atoms with van der Waals surface area (Å²) in [5.41, 5.74) is 1.72. The molecule has 5 nitrogen and oxygen atoms in total. The van der Waals surface area contributed by atoms with Crippen molar-refractivity contribution in [2.24, 2.45) is 0 Å². The molecule has 0 saturated carbocycles. The Hall–Kier alpha value is -1.88. The fraction of sp³-hybridized carbons (Fsp3) is 0.235. The highest BCUT2D eigenvalue weighted by atomic mass is 79.9. The Bertz CT molecular complexity index is 919. The number of carbonyl (C=O) groups excluding carboxylic acids is 2. The van der Waals surface area contributed by atoms with Crippen molar-refractivity contribution in [1.29, 1.82) is 5.26 Å². The number of benzene rings is 1. The molecule has 0 unspecified atom stereocenters. The normalized spacial score (nSPS) is 13.1. The van der Waals surface area contributed by atoms with Crippen molar-refractivity contribution in [3.63, 3.8) is 0 Å². The summed E-state index contributed by atoms with van der Waals surface area (Å²) in [6.45, 7) is 2.58. The number of nitriles is 1. The standard InChI is InChI=1S/C17H13BrClN3O2S/c1-9(23)22-5-4-11-13(7-20)17(25-15(11)8-22)21-16(24)12-6-10(18)2-3-14(12)19/h2-3,6H,4-5,8H2,1H3,(H,21,24). The minimum atomic E-state index is -0.371. The Labute approximate surface area is 162 Å². The van der Waals surface area contributed by atoms with E-state index in [1.165, 1.54) is 18.3 Å². The number of thiophene rings is 1. The second kappa shape index (κ2) is 7.16. The van der Waals surface area contributed by atoms with Crippen LogP contribution >= 0.6 is 38.9 Å². The Balaban J connectivity index is 1.91. The van der Waals surface area contributed by atoms with Gasteiger partial charge in [0, 0.05) is 22.8 Å². The predicted octanol–water partition coefficient (Wildman–Crippen LogP) is 4.19. The average Bonchev–Trinajstić information content (AvgIpc) is 2.92. The van der Waals surface area contributed by atoms with E-state index in [1.54, 1.807) is 23.1 Å². The summed E-state index contributed by atoms with van der Waals surface area (Å²) < 4.78 is 0.741. The molecule has 25 heavy (non-hydrogen) atoms. The zero-order valence-corrected chi connectivity index (χ0v) is 16.4. The second-order valence-electron chi connectivity index (χ2n) is 5.59. The number of halogens is 2. The number of fused-ring (bicyclic) bond motifs is 1. The highest BCUT2D eigenvalue weighted by molar-refractivity contribution is 9.10. The van der Waals surface area contributed by atoms with Crippen molar-refractivity contribution in [3.05, 3.63) is 49.3 Å². The third-order valence-corrected chi connectivity index (χ3v) is 5.97. The van der Waals surface area contributed by atoms with Gasteiger partial charge in [-0.2, -0.15) is 5.26 Å². The fourth-order valence-corrected chi connectivity index (χ4v) is 4.49. The molecule has 0 atom stereocenters. The summed E-state index contributed by atoms with van der Waals surface area (Å²) in [5.74, 6) is -0.367. The number of rotatable bonds is 2. The van der Waals surface area contributed by atoms with Gasteiger partial charge in [0.1, 0.15) is 11.1 Å². The largest absolute Gasteiger partial charge is 0.337 e. The van der Waals surface area contributed by atoms with Crippen molar-refractivity contribution < 1.29 is 9.59 Å². The lowest BCUT2D eigenvalue weighted by molar-refractivity contribution is -0.129. The maximum absolute atomic E-state index is 12.6. The van der Waals surface area contributed by atoms with Gasteiger partial charge in [0.2, 0.25) is 5.91 Å². The molecule has 0 spiro atoms. The summed E-state index contributed by atoms with van der Waals surface area (Å²) >= 11 is 10.8. The molecule has 128 valence electrons. The van der Waals surface area contributed by atoms with Gasteiger partial charge in [0.05, 0.1) is 22.7 Å². The molecule has 2 heterocycles. The molecule has 1 aromatic carbocycles. The molecular formula is C17H13BrClN3O2S. The topological polar surface area (TPSA) is 73.2 Å². The van der Waals surface area contributed by atoms with Crippen LogP contribution in [0.5, 0.6) is 0 Å². The van der Waals surface area contributed by atoms with Gasteiger partial charge in [-0.3, -0.25) is 9.59 Å². The van der Waals surface area contributed by atoms with E-state index in [-0.39, 0.29) is 11.8 Å². The Morgan fingerprint density at radius 3 is 2.88 bits per heavy atom. The molecule has 8 heteroatoms. The van der Waals surface area contributed by atoms with Gasteiger partial charge in [-0.15, -0.1) is 11.3 Å². The van der Waals surface area contributed by atoms with Crippen LogP contribution in [-0.2, 0) is 17.8 Å². The lowest BCUT2D eigenvalue weighted by atomic mass is 10.0. The van der Waals surface area contributed by atoms with E-state index in [0.717, 1.165) is 14.9 Å². The SMILES string of the molecule is CC(=O)N1CCc2c(sc(NC(=O)c3cc(Br)ccc3Cl)c2C#N)C1. The van der Waals surface area contributed by atoms with Gasteiger partial charge in [0.25, 0.3) is 5.91 Å². The van der Waals surface area contributed by atoms with Crippen molar-refractivity contribution in [3.8, 4) is 6.07 Å². The van der Waals surface area contributed by atoms with Gasteiger partial charge in [-0.1, -0.05) is 27.5 Å². The molecule has 1 aromatic heterocycles. The monoisotopic (exact) mass is 437 g/mol. The first-order valence-electron chi connectivity index (χ1n) is 7.47. The van der Waals surface area contributed by atoms with Crippen LogP contribution in [0.4, 0.5) is 5.00 Å². The van der Waals surface area contributed by atoms with Crippen LogP contribution in [0, 0.1) is 11.3 Å². The second-order valence-corrected chi connectivity index (χ2v) is 8.02. The molecule has 0 radical (unpaired) electrons. The number of hydrogen-bond acceptors (Lipinski definition) is 4. The maximum atomic E-state index is 12.6. The van der Waals surface area contributed by atoms with Crippen LogP contribution in [0.15, 0.2) is 22.7 Å². The van der Waals surface area contributed by atoms with E-state index in [1.807, 2.05) is 0 Å². The lowest BCUT2D eigenvalue weighted by Crippen LogP contribution is -2.33. The van der Waals surface area contributed by atoms with Gasteiger partial charge < -0.3 is 10.2 Å². The highest BCUT2D eigenvalue weighted by Crippen LogP contribution is 2.37. The van der Waals surface area contributed by atoms with Gasteiger partial charge in [0.15, 0.2) is 0 Å². The summed E-state index contributed by atoms with van der Waals surface area (Å²) in [6, 6.07) is 7.20. The van der Waals surface area contributed by atoms with E-state index < -0.39 is 0 Å². The number of nitrogens with one attached hydrogen (secondary N) is 1. The molecule has 0 saturated heterocycles. The molecule has 0 fully saturated rings. The third-order valence-electron chi connectivity index (χ3n) is 4.01. The van der Waals surface area contributed by atoms with Gasteiger partial charge in [-0.25, -0.2) is 0 Å². The summed E-state index contributed by atoms with van der Waals surface area (Å²) in [6.07, 6.45) is 0.613. The molecule has 1 aliphatic rings. The zero-order valence-electron chi connectivity index (χ0n) is 13.2. The minimum Gasteiger partial charge on any atom is -0.337 e. The van der Waals surface area contributed by atoms with Crippen molar-refractivity contribution >= 4 is 55.7 Å². The van der Waals surface area contributed by atoms with Crippen LogP contribution in [0.3, 0.4) is 0 Å². The van der Waals surface area contributed by atoms with Gasteiger partial charge in [-0.05, 0) is 30.2 Å². The quantitative estimate of drug-likeness (QED) is 0.764. The molecule has 1 N–H and O–H groups in total. The van der Waals surface area contributed by atoms with Crippen LogP contribution < -0.4 is 5.32 Å². The Morgan fingerprint density at radius 2 is 2.20 bits per heavy atom. The van der Waals surface area contributed by atoms with E-state index in [0.29, 0.717) is 40.7 Å². The van der Waals surface area contributed by atoms with Crippen molar-refractivity contribution in [2.75, 3.05) is 11.9 Å². The van der Waals surface area contributed by atoms with Crippen LogP contribution in [0.25, 0.3) is 0 Å². The molecule has 3 rings (SSSR count). The molecule has 0 bridgehead atoms. The number of amides is 2. The first kappa shape index (κ1) is 17.9. The zero-order chi connectivity index (χ0) is 18.1. The van der Waals surface area contributed by atoms with Crippen LogP contribution in [0.2, 0.25) is 5.02 Å². The smallest absolute Gasteiger partial charge is 0.257 e. The molecular weight excluding hydrogens is 426 g/mol. The molecule has 2 amide bonds. The minimum absolute atomic E-state index is 0.00376. The molecule has 2 aromatic rings. The van der Waals surface area contributed by atoms with Crippen LogP contribution in [-0.4, -0.2) is 23.3 Å². The Kier molecular flexibility index (Phi) is 5.13. The van der Waals surface area contributed by atoms with E-state index in [4.69, 9.17) is 11.6 Å². The van der Waals surface area contributed by atoms with Crippen LogP contribution in [0.1, 0.15) is 33.3 Å². The number of nitrogens with zero attached hydrogens (tertiary/aromatic N) is 2. The van der Waals surface area contributed by atoms with E-state index in [9.17, 15) is 14.9 Å². The summed E-state index contributed by atoms with van der Waals surface area (Å²) in [5, 5.41) is 13.1. The lowest BCUT2D eigenvalue weighted by Gasteiger charge is -2.25. The van der Waals surface area contributed by atoms with E-state index >= 15 is 0 Å². The van der Waals surface area contributed by atoms with Crippen molar-refractivity contribution in [2.45, 2.75) is 19.9 Å². The first-order valence-corrected chi connectivity index (χ1v) is 9.46. The number of anilines is 1.